The summed E-state index contributed by atoms with van der Waals surface area (Å²) in [5.74, 6) is -0.482. The summed E-state index contributed by atoms with van der Waals surface area (Å²) >= 11 is 0.770. The number of nitrogens with zero attached hydrogens (tertiary/aromatic N) is 1. The minimum atomic E-state index is -0.482. The van der Waals surface area contributed by atoms with Crippen LogP contribution in [0.2, 0.25) is 0 Å². The van der Waals surface area contributed by atoms with Crippen molar-refractivity contribution < 1.29 is 9.59 Å². The zero-order chi connectivity index (χ0) is 13.7. The second kappa shape index (κ2) is 5.96. The highest BCUT2D eigenvalue weighted by molar-refractivity contribution is 8.18. The van der Waals surface area contributed by atoms with Crippen molar-refractivity contribution in [3.8, 4) is 0 Å². The fourth-order valence-electron chi connectivity index (χ4n) is 1.29. The molecule has 2 amide bonds. The van der Waals surface area contributed by atoms with Crippen LogP contribution in [0.15, 0.2) is 46.4 Å². The highest BCUT2D eigenvalue weighted by atomic mass is 32.2. The number of rotatable bonds is 4. The van der Waals surface area contributed by atoms with Gasteiger partial charge in [0.05, 0.1) is 22.5 Å². The molecule has 1 fully saturated rings. The minimum absolute atomic E-state index is 0.0239. The first-order valence-electron chi connectivity index (χ1n) is 5.33. The lowest BCUT2D eigenvalue weighted by molar-refractivity contribution is -0.115. The number of carbonyl (C=O) groups excluding carboxylic acids is 2. The second-order valence-electron chi connectivity index (χ2n) is 3.54. The maximum Gasteiger partial charge on any atom is 0.290 e. The number of hydrogen-bond acceptors (Lipinski definition) is 6. The lowest BCUT2D eigenvalue weighted by atomic mass is 10.3. The number of nitrogens with one attached hydrogen (secondary N) is 3. The lowest BCUT2D eigenvalue weighted by Crippen LogP contribution is -2.18. The van der Waals surface area contributed by atoms with Crippen molar-refractivity contribution in [2.24, 2.45) is 5.10 Å². The van der Waals surface area contributed by atoms with E-state index in [4.69, 9.17) is 5.41 Å². The van der Waals surface area contributed by atoms with E-state index < -0.39 is 11.1 Å². The number of benzene rings is 1. The Morgan fingerprint density at radius 3 is 2.68 bits per heavy atom. The third-order valence-corrected chi connectivity index (χ3v) is 2.91. The number of thioether (sulfide) groups is 1. The molecule has 3 N–H and O–H groups in total. The average Bonchev–Trinajstić information content (AvgIpc) is 2.69. The van der Waals surface area contributed by atoms with Crippen LogP contribution in [0.5, 0.6) is 0 Å². The third kappa shape index (κ3) is 3.78. The van der Waals surface area contributed by atoms with Gasteiger partial charge in [-0.05, 0) is 30.0 Å². The van der Waals surface area contributed by atoms with Crippen molar-refractivity contribution in [1.82, 2.24) is 5.32 Å². The van der Waals surface area contributed by atoms with Gasteiger partial charge in [0.2, 0.25) is 0 Å². The Morgan fingerprint density at radius 1 is 1.32 bits per heavy atom. The van der Waals surface area contributed by atoms with E-state index in [1.807, 2.05) is 30.3 Å². The Labute approximate surface area is 113 Å². The Bertz CT molecular complexity index is 581. The summed E-state index contributed by atoms with van der Waals surface area (Å²) in [6.45, 7) is 0. The molecule has 1 saturated heterocycles. The van der Waals surface area contributed by atoms with Crippen molar-refractivity contribution >= 4 is 40.5 Å². The first kappa shape index (κ1) is 13.0. The third-order valence-electron chi connectivity index (χ3n) is 2.10. The molecule has 0 aliphatic carbocycles. The first-order valence-corrected chi connectivity index (χ1v) is 6.14. The van der Waals surface area contributed by atoms with Crippen LogP contribution in [0.25, 0.3) is 0 Å². The van der Waals surface area contributed by atoms with Crippen LogP contribution in [0, 0.1) is 5.41 Å². The molecule has 19 heavy (non-hydrogen) atoms. The van der Waals surface area contributed by atoms with Crippen LogP contribution in [0.3, 0.4) is 0 Å². The molecule has 1 aromatic rings. The van der Waals surface area contributed by atoms with Gasteiger partial charge in [0.1, 0.15) is 0 Å². The molecule has 0 unspecified atom stereocenters. The lowest BCUT2D eigenvalue weighted by Gasteiger charge is -1.97. The molecule has 0 saturated carbocycles. The minimum Gasteiger partial charge on any atom is -0.299 e. The fourth-order valence-corrected chi connectivity index (χ4v) is 1.96. The molecule has 96 valence electrons. The van der Waals surface area contributed by atoms with E-state index in [1.165, 1.54) is 12.3 Å². The molecule has 0 radical (unpaired) electrons. The number of anilines is 1. The predicted molar refractivity (Wildman–Crippen MR) is 75.5 cm³/mol. The summed E-state index contributed by atoms with van der Waals surface area (Å²) in [6.07, 6.45) is 2.55. The number of imide groups is 1. The molecular formula is C12H10N4O2S. The molecule has 1 aliphatic rings. The second-order valence-corrected chi connectivity index (χ2v) is 4.56. The van der Waals surface area contributed by atoms with Crippen molar-refractivity contribution in [3.05, 3.63) is 41.3 Å². The maximum atomic E-state index is 11.2. The van der Waals surface area contributed by atoms with E-state index in [2.05, 4.69) is 15.8 Å². The van der Waals surface area contributed by atoms with Crippen molar-refractivity contribution in [3.63, 3.8) is 0 Å². The van der Waals surface area contributed by atoms with E-state index in [1.54, 1.807) is 0 Å². The van der Waals surface area contributed by atoms with Gasteiger partial charge in [-0.1, -0.05) is 18.2 Å². The number of hydrogen-bond donors (Lipinski definition) is 3. The molecule has 0 atom stereocenters. The van der Waals surface area contributed by atoms with E-state index in [9.17, 15) is 9.59 Å². The normalized spacial score (nSPS) is 16.9. The number of allylic oxidation sites excluding steroid dienone is 1. The van der Waals surface area contributed by atoms with Crippen molar-refractivity contribution in [2.75, 3.05) is 5.43 Å². The largest absolute Gasteiger partial charge is 0.299 e. The topological polar surface area (TPSA) is 94.4 Å². The highest BCUT2D eigenvalue weighted by Gasteiger charge is 2.25. The molecule has 6 nitrogen and oxygen atoms in total. The quantitative estimate of drug-likeness (QED) is 0.444. The summed E-state index contributed by atoms with van der Waals surface area (Å²) in [4.78, 5) is 22.4. The van der Waals surface area contributed by atoms with E-state index in [0.717, 1.165) is 17.4 Å². The molecule has 0 spiro atoms. The Hall–Kier alpha value is -2.41. The monoisotopic (exact) mass is 274 g/mol. The van der Waals surface area contributed by atoms with Gasteiger partial charge in [-0.15, -0.1) is 0 Å². The van der Waals surface area contributed by atoms with Crippen molar-refractivity contribution in [2.45, 2.75) is 0 Å². The summed E-state index contributed by atoms with van der Waals surface area (Å²) < 4.78 is 0. The van der Waals surface area contributed by atoms with Gasteiger partial charge in [0, 0.05) is 0 Å². The summed E-state index contributed by atoms with van der Waals surface area (Å²) in [5, 5.41) is 13.1. The van der Waals surface area contributed by atoms with Crippen LogP contribution in [0.1, 0.15) is 0 Å². The number of para-hydroxylation sites is 1. The van der Waals surface area contributed by atoms with Gasteiger partial charge >= 0.3 is 0 Å². The van der Waals surface area contributed by atoms with Crippen LogP contribution >= 0.6 is 11.8 Å². The van der Waals surface area contributed by atoms with Gasteiger partial charge in [0.25, 0.3) is 11.1 Å². The van der Waals surface area contributed by atoms with Gasteiger partial charge in [-0.25, -0.2) is 0 Å². The number of carbonyl (C=O) groups is 2. The fraction of sp³-hybridized carbons (Fsp3) is 0. The van der Waals surface area contributed by atoms with Gasteiger partial charge in [0.15, 0.2) is 0 Å². The molecule has 1 aliphatic heterocycles. The zero-order valence-corrected chi connectivity index (χ0v) is 10.5. The maximum absolute atomic E-state index is 11.2. The summed E-state index contributed by atoms with van der Waals surface area (Å²) in [6, 6.07) is 9.26. The molecule has 1 heterocycles. The Kier molecular flexibility index (Phi) is 4.09. The van der Waals surface area contributed by atoms with E-state index in [-0.39, 0.29) is 10.6 Å². The smallest absolute Gasteiger partial charge is 0.290 e. The molecular weight excluding hydrogens is 264 g/mol. The van der Waals surface area contributed by atoms with Crippen molar-refractivity contribution in [1.29, 1.82) is 5.41 Å². The Morgan fingerprint density at radius 2 is 2.05 bits per heavy atom. The van der Waals surface area contributed by atoms with E-state index in [0.29, 0.717) is 0 Å². The SMILES string of the molecule is N=C(/C=N\Nc1ccccc1)/C=C1\SC(=O)NC1=O. The van der Waals surface area contributed by atoms with Gasteiger partial charge < -0.3 is 0 Å². The van der Waals surface area contributed by atoms with Gasteiger partial charge in [-0.2, -0.15) is 5.10 Å². The Balaban J connectivity index is 1.93. The van der Waals surface area contributed by atoms with Crippen LogP contribution in [0.4, 0.5) is 10.5 Å². The van der Waals surface area contributed by atoms with Gasteiger partial charge in [-0.3, -0.25) is 25.7 Å². The standard InChI is InChI=1S/C12H10N4O2S/c13-8(6-10-11(17)15-12(18)19-10)7-14-16-9-4-2-1-3-5-9/h1-7,13,16H,(H,15,17,18)/b10-6-,13-8?,14-7-. The molecule has 7 heteroatoms. The van der Waals surface area contributed by atoms with E-state index >= 15 is 0 Å². The molecule has 1 aromatic carbocycles. The number of amides is 2. The average molecular weight is 274 g/mol. The highest BCUT2D eigenvalue weighted by Crippen LogP contribution is 2.22. The van der Waals surface area contributed by atoms with Crippen LogP contribution < -0.4 is 10.7 Å². The molecule has 0 aromatic heterocycles. The summed E-state index contributed by atoms with van der Waals surface area (Å²) in [7, 11) is 0. The predicted octanol–water partition coefficient (Wildman–Crippen LogP) is 1.97. The van der Waals surface area contributed by atoms with Crippen LogP contribution in [-0.4, -0.2) is 23.1 Å². The zero-order valence-electron chi connectivity index (χ0n) is 9.71. The van der Waals surface area contributed by atoms with Crippen LogP contribution in [-0.2, 0) is 4.79 Å². The first-order chi connectivity index (χ1) is 9.15. The molecule has 0 bridgehead atoms. The number of hydrazone groups is 1. The summed E-state index contributed by atoms with van der Waals surface area (Å²) in [5.41, 5.74) is 3.56. The molecule has 2 rings (SSSR count).